The van der Waals surface area contributed by atoms with Crippen molar-refractivity contribution in [2.24, 2.45) is 0 Å². The van der Waals surface area contributed by atoms with Crippen molar-refractivity contribution in [3.63, 3.8) is 0 Å². The highest BCUT2D eigenvalue weighted by Crippen LogP contribution is 2.01. The molecule has 0 nitrogen and oxygen atoms in total. The lowest BCUT2D eigenvalue weighted by Crippen LogP contribution is -1.56. The van der Waals surface area contributed by atoms with Gasteiger partial charge in [-0.3, -0.25) is 0 Å². The van der Waals surface area contributed by atoms with Gasteiger partial charge in [-0.2, -0.15) is 23.5 Å². The van der Waals surface area contributed by atoms with Crippen molar-refractivity contribution in [3.05, 3.63) is 0 Å². The van der Waals surface area contributed by atoms with Gasteiger partial charge >= 0.3 is 0 Å². The third kappa shape index (κ3) is 20.3. The van der Waals surface area contributed by atoms with E-state index in [0.717, 1.165) is 0 Å². The second kappa shape index (κ2) is 15.9. The van der Waals surface area contributed by atoms with Crippen LogP contribution in [0.2, 0.25) is 0 Å². The van der Waals surface area contributed by atoms with Crippen LogP contribution in [-0.4, -0.2) is 17.6 Å². The van der Waals surface area contributed by atoms with Gasteiger partial charge in [0.25, 0.3) is 0 Å². The molecular weight excluding hydrogens is 124 g/mol. The lowest BCUT2D eigenvalue weighted by atomic mass is 11.9. The van der Waals surface area contributed by atoms with E-state index in [1.54, 1.807) is 0 Å². The van der Waals surface area contributed by atoms with Crippen LogP contribution in [-0.2, 0) is 0 Å². The van der Waals surface area contributed by atoms with Gasteiger partial charge in [-0.1, -0.05) is 14.9 Å². The normalized spacial score (nSPS) is 6.00. The van der Waals surface area contributed by atoms with Crippen LogP contribution in [0.15, 0.2) is 0 Å². The standard InChI is InChI=1S/C3H8S2.2CH4/c1-4-3-5-2;;/h3H2,1-2H3;2*1H4. The van der Waals surface area contributed by atoms with E-state index in [-0.39, 0.29) is 14.9 Å². The lowest BCUT2D eigenvalue weighted by molar-refractivity contribution is 2.20. The van der Waals surface area contributed by atoms with Crippen LogP contribution >= 0.6 is 23.5 Å². The Kier molecular flexibility index (Phi) is 35.5. The Hall–Kier alpha value is 0.700. The molecule has 0 amide bonds. The first-order valence-electron chi connectivity index (χ1n) is 1.39. The largest absolute Gasteiger partial charge is 0.155 e. The van der Waals surface area contributed by atoms with Gasteiger partial charge in [-0.05, 0) is 12.5 Å². The van der Waals surface area contributed by atoms with Crippen LogP contribution in [0.25, 0.3) is 0 Å². The molecule has 0 aliphatic carbocycles. The molecule has 0 fully saturated rings. The van der Waals surface area contributed by atoms with E-state index < -0.39 is 0 Å². The molecule has 0 heterocycles. The average Bonchev–Trinajstić information content (AvgIpc) is 1.41. The van der Waals surface area contributed by atoms with E-state index in [4.69, 9.17) is 0 Å². The highest BCUT2D eigenvalue weighted by molar-refractivity contribution is 8.15. The van der Waals surface area contributed by atoms with Crippen molar-refractivity contribution in [1.29, 1.82) is 0 Å². The molecule has 0 aromatic heterocycles. The van der Waals surface area contributed by atoms with Gasteiger partial charge in [0.05, 0.1) is 0 Å². The molecular formula is C5H16S2. The number of thioether (sulfide) groups is 2. The van der Waals surface area contributed by atoms with E-state index in [1.807, 2.05) is 23.5 Å². The maximum atomic E-state index is 2.11. The molecule has 0 aromatic rings. The predicted octanol–water partition coefficient (Wildman–Crippen LogP) is 2.94. The van der Waals surface area contributed by atoms with Crippen LogP contribution in [0.1, 0.15) is 14.9 Å². The fourth-order valence-corrected chi connectivity index (χ4v) is 1.06. The Morgan fingerprint density at radius 1 is 1.00 bits per heavy atom. The smallest absolute Gasteiger partial charge is 0.0386 e. The maximum Gasteiger partial charge on any atom is 0.0386 e. The Morgan fingerprint density at radius 2 is 1.29 bits per heavy atom. The first-order valence-corrected chi connectivity index (χ1v) is 4.18. The third-order valence-corrected chi connectivity index (χ3v) is 2.12. The van der Waals surface area contributed by atoms with Crippen molar-refractivity contribution in [3.8, 4) is 0 Å². The zero-order valence-electron chi connectivity index (χ0n) is 3.52. The zero-order chi connectivity index (χ0) is 4.12. The number of hydrogen-bond donors (Lipinski definition) is 0. The molecule has 48 valence electrons. The lowest BCUT2D eigenvalue weighted by Gasteiger charge is -1.80. The quantitative estimate of drug-likeness (QED) is 0.541. The van der Waals surface area contributed by atoms with E-state index in [0.29, 0.717) is 0 Å². The fraction of sp³-hybridized carbons (Fsp3) is 1.00. The Morgan fingerprint density at radius 3 is 1.29 bits per heavy atom. The second-order valence-corrected chi connectivity index (χ2v) is 2.79. The van der Waals surface area contributed by atoms with Crippen molar-refractivity contribution < 1.29 is 0 Å². The molecule has 0 unspecified atom stereocenters. The monoisotopic (exact) mass is 140 g/mol. The van der Waals surface area contributed by atoms with Crippen LogP contribution in [0.5, 0.6) is 0 Å². The van der Waals surface area contributed by atoms with Crippen LogP contribution in [0.4, 0.5) is 0 Å². The zero-order valence-corrected chi connectivity index (χ0v) is 5.16. The molecule has 0 spiro atoms. The van der Waals surface area contributed by atoms with Crippen LogP contribution in [0.3, 0.4) is 0 Å². The van der Waals surface area contributed by atoms with Gasteiger partial charge < -0.3 is 0 Å². The van der Waals surface area contributed by atoms with Crippen molar-refractivity contribution in [1.82, 2.24) is 0 Å². The van der Waals surface area contributed by atoms with Crippen LogP contribution in [0, 0.1) is 0 Å². The van der Waals surface area contributed by atoms with Crippen molar-refractivity contribution >= 4 is 23.5 Å². The average molecular weight is 140 g/mol. The Bertz CT molecular complexity index is 13.6. The molecule has 0 aromatic carbocycles. The predicted molar refractivity (Wildman–Crippen MR) is 45.4 cm³/mol. The number of rotatable bonds is 2. The minimum atomic E-state index is 0. The molecule has 0 bridgehead atoms. The van der Waals surface area contributed by atoms with Crippen molar-refractivity contribution in [2.75, 3.05) is 17.6 Å². The Labute approximate surface area is 56.5 Å². The fourth-order valence-electron chi connectivity index (χ4n) is 0.118. The SMILES string of the molecule is C.C.CSCSC. The van der Waals surface area contributed by atoms with E-state index in [2.05, 4.69) is 12.5 Å². The van der Waals surface area contributed by atoms with Gasteiger partial charge in [0.2, 0.25) is 0 Å². The number of hydrogen-bond acceptors (Lipinski definition) is 2. The minimum Gasteiger partial charge on any atom is -0.155 e. The molecule has 0 aliphatic heterocycles. The second-order valence-electron chi connectivity index (χ2n) is 0.695. The summed E-state index contributed by atoms with van der Waals surface area (Å²) in [5.41, 5.74) is 0. The molecule has 0 saturated heterocycles. The summed E-state index contributed by atoms with van der Waals surface area (Å²) in [6.07, 6.45) is 4.22. The summed E-state index contributed by atoms with van der Waals surface area (Å²) in [5.74, 6) is 0. The molecule has 0 rings (SSSR count). The van der Waals surface area contributed by atoms with Gasteiger partial charge in [-0.25, -0.2) is 0 Å². The Balaban J connectivity index is -0.0000000800. The molecule has 0 radical (unpaired) electrons. The highest BCUT2D eigenvalue weighted by atomic mass is 32.2. The first kappa shape index (κ1) is 15.6. The summed E-state index contributed by atoms with van der Waals surface area (Å²) in [6, 6.07) is 0. The summed E-state index contributed by atoms with van der Waals surface area (Å²) >= 11 is 3.73. The third-order valence-electron chi connectivity index (χ3n) is 0.236. The summed E-state index contributed by atoms with van der Waals surface area (Å²) in [5, 5.41) is 1.22. The summed E-state index contributed by atoms with van der Waals surface area (Å²) in [6.45, 7) is 0. The molecule has 0 aliphatic rings. The van der Waals surface area contributed by atoms with Crippen LogP contribution < -0.4 is 0 Å². The van der Waals surface area contributed by atoms with Gasteiger partial charge in [-0.15, -0.1) is 0 Å². The van der Waals surface area contributed by atoms with E-state index >= 15 is 0 Å². The first-order chi connectivity index (χ1) is 2.41. The summed E-state index contributed by atoms with van der Waals surface area (Å²) < 4.78 is 0. The molecule has 0 saturated carbocycles. The minimum absolute atomic E-state index is 0. The molecule has 0 atom stereocenters. The van der Waals surface area contributed by atoms with Crippen molar-refractivity contribution in [2.45, 2.75) is 14.9 Å². The highest BCUT2D eigenvalue weighted by Gasteiger charge is 1.67. The summed E-state index contributed by atoms with van der Waals surface area (Å²) in [7, 11) is 0. The topological polar surface area (TPSA) is 0 Å². The molecule has 7 heavy (non-hydrogen) atoms. The van der Waals surface area contributed by atoms with Gasteiger partial charge in [0.1, 0.15) is 0 Å². The molecule has 0 N–H and O–H groups in total. The maximum absolute atomic E-state index is 2.11. The summed E-state index contributed by atoms with van der Waals surface area (Å²) in [4.78, 5) is 0. The van der Waals surface area contributed by atoms with E-state index in [1.165, 1.54) is 5.08 Å². The van der Waals surface area contributed by atoms with E-state index in [9.17, 15) is 0 Å². The van der Waals surface area contributed by atoms with Gasteiger partial charge in [0, 0.05) is 5.08 Å². The molecule has 2 heteroatoms. The van der Waals surface area contributed by atoms with Gasteiger partial charge in [0.15, 0.2) is 0 Å².